The van der Waals surface area contributed by atoms with Gasteiger partial charge < -0.3 is 5.11 Å². The second-order valence-electron chi connectivity index (χ2n) is 5.38. The Bertz CT molecular complexity index is 117. The van der Waals surface area contributed by atoms with E-state index in [1.54, 1.807) is 0 Å². The van der Waals surface area contributed by atoms with Crippen molar-refractivity contribution in [1.29, 1.82) is 0 Å². The van der Waals surface area contributed by atoms with E-state index < -0.39 is 0 Å². The van der Waals surface area contributed by atoms with Crippen LogP contribution >= 0.6 is 0 Å². The molecule has 0 fully saturated rings. The zero-order valence-electron chi connectivity index (χ0n) is 9.28. The number of aliphatic hydroxyl groups is 1. The van der Waals surface area contributed by atoms with Crippen molar-refractivity contribution >= 4 is 0 Å². The first-order chi connectivity index (χ1) is 5.33. The van der Waals surface area contributed by atoms with Crippen LogP contribution in [-0.4, -0.2) is 11.7 Å². The average Bonchev–Trinajstić information content (AvgIpc) is 1.99. The van der Waals surface area contributed by atoms with Crippen LogP contribution in [-0.2, 0) is 0 Å². The fraction of sp³-hybridized carbons (Fsp3) is 1.00. The summed E-state index contributed by atoms with van der Waals surface area (Å²) in [6.07, 6.45) is 3.39. The summed E-state index contributed by atoms with van der Waals surface area (Å²) in [5.74, 6) is 0. The number of hydrogen-bond acceptors (Lipinski definition) is 1. The lowest BCUT2D eigenvalue weighted by Crippen LogP contribution is -2.22. The van der Waals surface area contributed by atoms with Crippen molar-refractivity contribution < 1.29 is 5.11 Å². The van der Waals surface area contributed by atoms with Crippen LogP contribution in [0.5, 0.6) is 0 Å². The Hall–Kier alpha value is -0.0400. The van der Waals surface area contributed by atoms with Crippen molar-refractivity contribution in [2.24, 2.45) is 10.8 Å². The van der Waals surface area contributed by atoms with Crippen LogP contribution in [0.4, 0.5) is 0 Å². The molecule has 0 amide bonds. The van der Waals surface area contributed by atoms with E-state index in [2.05, 4.69) is 34.6 Å². The lowest BCUT2D eigenvalue weighted by Gasteiger charge is -2.29. The van der Waals surface area contributed by atoms with Crippen molar-refractivity contribution in [3.8, 4) is 0 Å². The molecular weight excluding hydrogens is 148 g/mol. The third kappa shape index (κ3) is 4.76. The molecule has 0 aliphatic heterocycles. The minimum Gasteiger partial charge on any atom is -0.396 e. The van der Waals surface area contributed by atoms with Gasteiger partial charge in [0.2, 0.25) is 0 Å². The van der Waals surface area contributed by atoms with Crippen LogP contribution in [0.3, 0.4) is 0 Å². The first-order valence-electron chi connectivity index (χ1n) is 4.94. The lowest BCUT2D eigenvalue weighted by molar-refractivity contribution is 0.113. The first-order valence-corrected chi connectivity index (χ1v) is 4.94. The van der Waals surface area contributed by atoms with E-state index in [1.807, 2.05) is 0 Å². The molecule has 0 aromatic rings. The molecule has 0 aliphatic carbocycles. The predicted octanol–water partition coefficient (Wildman–Crippen LogP) is 3.22. The van der Waals surface area contributed by atoms with E-state index in [-0.39, 0.29) is 5.41 Å². The zero-order valence-corrected chi connectivity index (χ0v) is 9.28. The Kier molecular flexibility index (Phi) is 4.25. The van der Waals surface area contributed by atoms with Gasteiger partial charge in [-0.15, -0.1) is 0 Å². The van der Waals surface area contributed by atoms with Crippen LogP contribution in [0.2, 0.25) is 0 Å². The molecule has 0 aliphatic rings. The van der Waals surface area contributed by atoms with Crippen molar-refractivity contribution in [3.05, 3.63) is 0 Å². The third-order valence-corrected chi connectivity index (χ3v) is 2.71. The standard InChI is InChI=1S/C11H24O/c1-6-11(5,9-12)8-7-10(2,3)4/h12H,6-9H2,1-5H3. The molecule has 1 N–H and O–H groups in total. The highest BCUT2D eigenvalue weighted by molar-refractivity contribution is 4.74. The molecular formula is C11H24O. The minimum atomic E-state index is 0.146. The second-order valence-corrected chi connectivity index (χ2v) is 5.38. The van der Waals surface area contributed by atoms with E-state index in [0.717, 1.165) is 12.8 Å². The molecule has 0 aromatic heterocycles. The van der Waals surface area contributed by atoms with Gasteiger partial charge in [0.05, 0.1) is 0 Å². The predicted molar refractivity (Wildman–Crippen MR) is 54.2 cm³/mol. The average molecular weight is 172 g/mol. The van der Waals surface area contributed by atoms with Gasteiger partial charge in [-0.05, 0) is 30.1 Å². The van der Waals surface area contributed by atoms with Crippen molar-refractivity contribution in [2.75, 3.05) is 6.61 Å². The molecule has 12 heavy (non-hydrogen) atoms. The van der Waals surface area contributed by atoms with Crippen molar-refractivity contribution in [3.63, 3.8) is 0 Å². The van der Waals surface area contributed by atoms with Crippen LogP contribution in [0.1, 0.15) is 53.9 Å². The van der Waals surface area contributed by atoms with Gasteiger partial charge in [-0.25, -0.2) is 0 Å². The van der Waals surface area contributed by atoms with Gasteiger partial charge in [-0.2, -0.15) is 0 Å². The smallest absolute Gasteiger partial charge is 0.0484 e. The molecule has 0 aromatic carbocycles. The molecule has 74 valence electrons. The normalized spacial score (nSPS) is 17.5. The highest BCUT2D eigenvalue weighted by Crippen LogP contribution is 2.32. The SMILES string of the molecule is CCC(C)(CO)CCC(C)(C)C. The van der Waals surface area contributed by atoms with Gasteiger partial charge in [0.15, 0.2) is 0 Å². The Balaban J connectivity index is 3.89. The van der Waals surface area contributed by atoms with E-state index in [0.29, 0.717) is 12.0 Å². The van der Waals surface area contributed by atoms with E-state index in [4.69, 9.17) is 0 Å². The van der Waals surface area contributed by atoms with Gasteiger partial charge in [0.1, 0.15) is 0 Å². The van der Waals surface area contributed by atoms with Crippen LogP contribution in [0, 0.1) is 10.8 Å². The fourth-order valence-corrected chi connectivity index (χ4v) is 1.04. The molecule has 0 bridgehead atoms. The van der Waals surface area contributed by atoms with Gasteiger partial charge >= 0.3 is 0 Å². The lowest BCUT2D eigenvalue weighted by atomic mass is 9.78. The monoisotopic (exact) mass is 172 g/mol. The summed E-state index contributed by atoms with van der Waals surface area (Å²) in [6.45, 7) is 11.4. The van der Waals surface area contributed by atoms with Gasteiger partial charge in [0, 0.05) is 6.61 Å². The van der Waals surface area contributed by atoms with Crippen LogP contribution in [0.25, 0.3) is 0 Å². The maximum Gasteiger partial charge on any atom is 0.0484 e. The highest BCUT2D eigenvalue weighted by Gasteiger charge is 2.23. The van der Waals surface area contributed by atoms with Gasteiger partial charge in [-0.1, -0.05) is 34.6 Å². The van der Waals surface area contributed by atoms with Gasteiger partial charge in [-0.3, -0.25) is 0 Å². The van der Waals surface area contributed by atoms with Crippen molar-refractivity contribution in [1.82, 2.24) is 0 Å². The van der Waals surface area contributed by atoms with Gasteiger partial charge in [0.25, 0.3) is 0 Å². The summed E-state index contributed by atoms with van der Waals surface area (Å²) in [7, 11) is 0. The molecule has 0 spiro atoms. The number of rotatable bonds is 4. The van der Waals surface area contributed by atoms with Crippen molar-refractivity contribution in [2.45, 2.75) is 53.9 Å². The number of aliphatic hydroxyl groups excluding tert-OH is 1. The summed E-state index contributed by atoms with van der Waals surface area (Å²) < 4.78 is 0. The topological polar surface area (TPSA) is 20.2 Å². The molecule has 0 rings (SSSR count). The quantitative estimate of drug-likeness (QED) is 0.690. The molecule has 0 heterocycles. The zero-order chi connectivity index (χ0) is 9.83. The third-order valence-electron chi connectivity index (χ3n) is 2.71. The largest absolute Gasteiger partial charge is 0.396 e. The van der Waals surface area contributed by atoms with Crippen LogP contribution in [0.15, 0.2) is 0 Å². The Labute approximate surface area is 77.2 Å². The van der Waals surface area contributed by atoms with E-state index >= 15 is 0 Å². The molecule has 0 radical (unpaired) electrons. The first kappa shape index (κ1) is 12.0. The minimum absolute atomic E-state index is 0.146. The summed E-state index contributed by atoms with van der Waals surface area (Å²) in [4.78, 5) is 0. The summed E-state index contributed by atoms with van der Waals surface area (Å²) in [5, 5.41) is 9.18. The maximum atomic E-state index is 9.18. The Morgan fingerprint density at radius 2 is 1.50 bits per heavy atom. The fourth-order valence-electron chi connectivity index (χ4n) is 1.04. The van der Waals surface area contributed by atoms with Crippen LogP contribution < -0.4 is 0 Å². The summed E-state index contributed by atoms with van der Waals surface area (Å²) in [6, 6.07) is 0. The summed E-state index contributed by atoms with van der Waals surface area (Å²) >= 11 is 0. The molecule has 0 saturated heterocycles. The maximum absolute atomic E-state index is 9.18. The molecule has 1 heteroatoms. The Morgan fingerprint density at radius 3 is 1.75 bits per heavy atom. The Morgan fingerprint density at radius 1 is 1.00 bits per heavy atom. The van der Waals surface area contributed by atoms with E-state index in [1.165, 1.54) is 6.42 Å². The molecule has 1 unspecified atom stereocenters. The summed E-state index contributed by atoms with van der Waals surface area (Å²) in [5.41, 5.74) is 0.541. The highest BCUT2D eigenvalue weighted by atomic mass is 16.3. The molecule has 1 atom stereocenters. The second kappa shape index (κ2) is 4.27. The molecule has 1 nitrogen and oxygen atoms in total. The molecule has 0 saturated carbocycles. The number of hydrogen-bond donors (Lipinski definition) is 1. The van der Waals surface area contributed by atoms with E-state index in [9.17, 15) is 5.11 Å².